The van der Waals surface area contributed by atoms with Crippen LogP contribution in [-0.2, 0) is 0 Å². The summed E-state index contributed by atoms with van der Waals surface area (Å²) in [4.78, 5) is 13.2. The van der Waals surface area contributed by atoms with E-state index in [-0.39, 0.29) is 0 Å². The van der Waals surface area contributed by atoms with Crippen LogP contribution in [0.25, 0.3) is 0 Å². The third-order valence-corrected chi connectivity index (χ3v) is 3.59. The van der Waals surface area contributed by atoms with E-state index in [4.69, 9.17) is 11.5 Å². The Morgan fingerprint density at radius 2 is 1.78 bits per heavy atom. The fourth-order valence-corrected chi connectivity index (χ4v) is 2.56. The van der Waals surface area contributed by atoms with Gasteiger partial charge in [0.2, 0.25) is 5.91 Å². The van der Waals surface area contributed by atoms with Crippen LogP contribution >= 0.6 is 11.8 Å². The van der Waals surface area contributed by atoms with E-state index in [2.05, 4.69) is 0 Å². The van der Waals surface area contributed by atoms with Crippen LogP contribution in [0.3, 0.4) is 0 Å². The standard InChI is InChI=1S/C14H14N2OS/c1-9-2-5-11(6-3-9)18-13-8-10(15)4-7-12(13)14(16)17/h2-8H,15H2,1H3,(H2,16,17). The highest BCUT2D eigenvalue weighted by Gasteiger charge is 2.09. The first-order chi connectivity index (χ1) is 8.56. The maximum atomic E-state index is 11.3. The molecule has 2 aromatic carbocycles. The van der Waals surface area contributed by atoms with Gasteiger partial charge in [-0.1, -0.05) is 29.5 Å². The lowest BCUT2D eigenvalue weighted by atomic mass is 10.2. The first-order valence-electron chi connectivity index (χ1n) is 5.50. The molecular weight excluding hydrogens is 244 g/mol. The van der Waals surface area contributed by atoms with Crippen LogP contribution in [0, 0.1) is 6.92 Å². The van der Waals surface area contributed by atoms with Gasteiger partial charge in [0.05, 0.1) is 5.56 Å². The molecule has 0 saturated heterocycles. The molecule has 0 saturated carbocycles. The van der Waals surface area contributed by atoms with E-state index in [9.17, 15) is 4.79 Å². The zero-order valence-electron chi connectivity index (χ0n) is 10.0. The Morgan fingerprint density at radius 3 is 2.39 bits per heavy atom. The predicted octanol–water partition coefficient (Wildman–Crippen LogP) is 2.83. The van der Waals surface area contributed by atoms with Crippen LogP contribution in [0.4, 0.5) is 5.69 Å². The summed E-state index contributed by atoms with van der Waals surface area (Å²) in [6.07, 6.45) is 0. The third kappa shape index (κ3) is 2.84. The summed E-state index contributed by atoms with van der Waals surface area (Å²) in [7, 11) is 0. The van der Waals surface area contributed by atoms with Gasteiger partial charge in [0.25, 0.3) is 0 Å². The lowest BCUT2D eigenvalue weighted by Crippen LogP contribution is -2.12. The predicted molar refractivity (Wildman–Crippen MR) is 74.7 cm³/mol. The molecular formula is C14H14N2OS. The van der Waals surface area contributed by atoms with Crippen LogP contribution in [0.2, 0.25) is 0 Å². The quantitative estimate of drug-likeness (QED) is 0.832. The summed E-state index contributed by atoms with van der Waals surface area (Å²) < 4.78 is 0. The van der Waals surface area contributed by atoms with Gasteiger partial charge < -0.3 is 11.5 Å². The van der Waals surface area contributed by atoms with Crippen molar-refractivity contribution in [3.8, 4) is 0 Å². The van der Waals surface area contributed by atoms with Gasteiger partial charge in [-0.15, -0.1) is 0 Å². The molecule has 0 unspecified atom stereocenters. The van der Waals surface area contributed by atoms with Crippen LogP contribution < -0.4 is 11.5 Å². The number of rotatable bonds is 3. The average molecular weight is 258 g/mol. The van der Waals surface area contributed by atoms with Gasteiger partial charge in [-0.25, -0.2) is 0 Å². The number of benzene rings is 2. The SMILES string of the molecule is Cc1ccc(Sc2cc(N)ccc2C(N)=O)cc1. The van der Waals surface area contributed by atoms with Crippen LogP contribution in [0.5, 0.6) is 0 Å². The van der Waals surface area contributed by atoms with Crippen molar-refractivity contribution in [2.24, 2.45) is 5.73 Å². The van der Waals surface area contributed by atoms with Gasteiger partial charge in [0, 0.05) is 15.5 Å². The molecule has 0 aliphatic rings. The minimum atomic E-state index is -0.440. The first-order valence-corrected chi connectivity index (χ1v) is 6.32. The van der Waals surface area contributed by atoms with Crippen molar-refractivity contribution in [2.45, 2.75) is 16.7 Å². The van der Waals surface area contributed by atoms with Crippen molar-refractivity contribution in [1.82, 2.24) is 0 Å². The Labute approximate surface area is 110 Å². The van der Waals surface area contributed by atoms with Gasteiger partial charge in [0.1, 0.15) is 0 Å². The van der Waals surface area contributed by atoms with Crippen molar-refractivity contribution in [1.29, 1.82) is 0 Å². The van der Waals surface area contributed by atoms with E-state index in [1.165, 1.54) is 17.3 Å². The van der Waals surface area contributed by atoms with E-state index < -0.39 is 5.91 Å². The lowest BCUT2D eigenvalue weighted by Gasteiger charge is -2.07. The van der Waals surface area contributed by atoms with Gasteiger partial charge in [0.15, 0.2) is 0 Å². The lowest BCUT2D eigenvalue weighted by molar-refractivity contribution is 0.0997. The molecule has 0 spiro atoms. The van der Waals surface area contributed by atoms with Gasteiger partial charge in [-0.05, 0) is 37.3 Å². The molecule has 4 heteroatoms. The third-order valence-electron chi connectivity index (χ3n) is 2.52. The zero-order valence-corrected chi connectivity index (χ0v) is 10.8. The monoisotopic (exact) mass is 258 g/mol. The Morgan fingerprint density at radius 1 is 1.11 bits per heavy atom. The summed E-state index contributed by atoms with van der Waals surface area (Å²) in [6, 6.07) is 13.2. The minimum Gasteiger partial charge on any atom is -0.399 e. The fraction of sp³-hybridized carbons (Fsp3) is 0.0714. The molecule has 0 atom stereocenters. The second kappa shape index (κ2) is 5.14. The van der Waals surface area contributed by atoms with Gasteiger partial charge in [-0.3, -0.25) is 4.79 Å². The number of hydrogen-bond acceptors (Lipinski definition) is 3. The Bertz CT molecular complexity index is 579. The highest BCUT2D eigenvalue weighted by molar-refractivity contribution is 7.99. The Hall–Kier alpha value is -1.94. The maximum Gasteiger partial charge on any atom is 0.249 e. The van der Waals surface area contributed by atoms with Crippen molar-refractivity contribution >= 4 is 23.4 Å². The van der Waals surface area contributed by atoms with E-state index in [1.807, 2.05) is 31.2 Å². The number of aryl methyl sites for hydroxylation is 1. The topological polar surface area (TPSA) is 69.1 Å². The summed E-state index contributed by atoms with van der Waals surface area (Å²) in [6.45, 7) is 2.03. The molecule has 92 valence electrons. The largest absolute Gasteiger partial charge is 0.399 e. The minimum absolute atomic E-state index is 0.440. The van der Waals surface area contributed by atoms with Crippen LogP contribution in [-0.4, -0.2) is 5.91 Å². The fourth-order valence-electron chi connectivity index (χ4n) is 1.56. The van der Waals surface area contributed by atoms with Crippen LogP contribution in [0.15, 0.2) is 52.3 Å². The highest BCUT2D eigenvalue weighted by Crippen LogP contribution is 2.31. The molecule has 0 fully saturated rings. The van der Waals surface area contributed by atoms with Gasteiger partial charge >= 0.3 is 0 Å². The van der Waals surface area contributed by atoms with E-state index in [0.29, 0.717) is 11.3 Å². The molecule has 0 aliphatic carbocycles. The Balaban J connectivity index is 2.35. The van der Waals surface area contributed by atoms with Crippen molar-refractivity contribution in [3.63, 3.8) is 0 Å². The summed E-state index contributed by atoms with van der Waals surface area (Å²) in [5, 5.41) is 0. The number of carbonyl (C=O) groups excluding carboxylic acids is 1. The maximum absolute atomic E-state index is 11.3. The molecule has 2 aromatic rings. The number of carbonyl (C=O) groups is 1. The van der Waals surface area contributed by atoms with E-state index in [1.54, 1.807) is 18.2 Å². The molecule has 0 aliphatic heterocycles. The highest BCUT2D eigenvalue weighted by atomic mass is 32.2. The number of anilines is 1. The number of nitrogens with two attached hydrogens (primary N) is 2. The second-order valence-electron chi connectivity index (χ2n) is 4.03. The smallest absolute Gasteiger partial charge is 0.249 e. The molecule has 0 aromatic heterocycles. The summed E-state index contributed by atoms with van der Waals surface area (Å²) >= 11 is 1.48. The molecule has 3 nitrogen and oxygen atoms in total. The second-order valence-corrected chi connectivity index (χ2v) is 5.15. The van der Waals surface area contributed by atoms with Gasteiger partial charge in [-0.2, -0.15) is 0 Å². The number of amides is 1. The van der Waals surface area contributed by atoms with Crippen molar-refractivity contribution < 1.29 is 4.79 Å². The number of nitrogen functional groups attached to an aromatic ring is 1. The zero-order chi connectivity index (χ0) is 13.1. The molecule has 4 N–H and O–H groups in total. The molecule has 0 heterocycles. The Kier molecular flexibility index (Phi) is 3.58. The molecule has 2 rings (SSSR count). The molecule has 18 heavy (non-hydrogen) atoms. The van der Waals surface area contributed by atoms with E-state index >= 15 is 0 Å². The molecule has 0 radical (unpaired) electrons. The summed E-state index contributed by atoms with van der Waals surface area (Å²) in [5.74, 6) is -0.440. The summed E-state index contributed by atoms with van der Waals surface area (Å²) in [5.41, 5.74) is 13.4. The van der Waals surface area contributed by atoms with Crippen LogP contribution in [0.1, 0.15) is 15.9 Å². The number of primary amides is 1. The normalized spacial score (nSPS) is 10.3. The molecule has 1 amide bonds. The molecule has 0 bridgehead atoms. The first kappa shape index (κ1) is 12.5. The van der Waals surface area contributed by atoms with E-state index in [0.717, 1.165) is 9.79 Å². The average Bonchev–Trinajstić information content (AvgIpc) is 2.32. The van der Waals surface area contributed by atoms with Crippen molar-refractivity contribution in [2.75, 3.05) is 5.73 Å². The van der Waals surface area contributed by atoms with Crippen molar-refractivity contribution in [3.05, 3.63) is 53.6 Å². The number of hydrogen-bond donors (Lipinski definition) is 2.